The molecule has 6 nitrogen and oxygen atoms in total. The Labute approximate surface area is 120 Å². The van der Waals surface area contributed by atoms with Gasteiger partial charge in [-0.15, -0.1) is 0 Å². The lowest BCUT2D eigenvalue weighted by Gasteiger charge is -2.23. The maximum Gasteiger partial charge on any atom is 0.240 e. The molecular formula is C14H25N3O3. The van der Waals surface area contributed by atoms with Crippen molar-refractivity contribution in [3.05, 3.63) is 11.7 Å². The van der Waals surface area contributed by atoms with E-state index >= 15 is 0 Å². The molecule has 1 aliphatic rings. The molecule has 1 aromatic heterocycles. The summed E-state index contributed by atoms with van der Waals surface area (Å²) in [6.07, 6.45) is 2.69. The van der Waals surface area contributed by atoms with Crippen molar-refractivity contribution in [3.63, 3.8) is 0 Å². The predicted octanol–water partition coefficient (Wildman–Crippen LogP) is 1.90. The zero-order valence-electron chi connectivity index (χ0n) is 12.6. The van der Waals surface area contributed by atoms with E-state index in [0.717, 1.165) is 25.8 Å². The molecule has 0 radical (unpaired) electrons. The van der Waals surface area contributed by atoms with Gasteiger partial charge in [-0.2, -0.15) is 4.98 Å². The highest BCUT2D eigenvalue weighted by atomic mass is 16.5. The van der Waals surface area contributed by atoms with Crippen molar-refractivity contribution in [1.29, 1.82) is 0 Å². The molecule has 0 amide bonds. The SMILES string of the molecule is CCOC(C)c1noc(CN2CCCC2CC(C)O)n1. The molecule has 0 spiro atoms. The number of hydrogen-bond acceptors (Lipinski definition) is 6. The van der Waals surface area contributed by atoms with Gasteiger partial charge in [0.2, 0.25) is 5.89 Å². The molecule has 114 valence electrons. The minimum atomic E-state index is -0.267. The summed E-state index contributed by atoms with van der Waals surface area (Å²) in [7, 11) is 0. The average molecular weight is 283 g/mol. The first-order valence-electron chi connectivity index (χ1n) is 7.46. The summed E-state index contributed by atoms with van der Waals surface area (Å²) < 4.78 is 10.8. The number of nitrogens with zero attached hydrogens (tertiary/aromatic N) is 3. The molecule has 0 bridgehead atoms. The van der Waals surface area contributed by atoms with Gasteiger partial charge < -0.3 is 14.4 Å². The van der Waals surface area contributed by atoms with Gasteiger partial charge in [0.15, 0.2) is 5.82 Å². The molecule has 1 aromatic rings. The van der Waals surface area contributed by atoms with Crippen LogP contribution in [0.4, 0.5) is 0 Å². The zero-order valence-corrected chi connectivity index (χ0v) is 12.6. The van der Waals surface area contributed by atoms with Crippen molar-refractivity contribution in [1.82, 2.24) is 15.0 Å². The fourth-order valence-corrected chi connectivity index (χ4v) is 2.76. The van der Waals surface area contributed by atoms with E-state index in [1.54, 1.807) is 0 Å². The van der Waals surface area contributed by atoms with E-state index < -0.39 is 0 Å². The molecule has 0 aromatic carbocycles. The van der Waals surface area contributed by atoms with Crippen LogP contribution in [-0.2, 0) is 11.3 Å². The Balaban J connectivity index is 1.92. The number of aromatic nitrogens is 2. The van der Waals surface area contributed by atoms with E-state index in [1.807, 2.05) is 20.8 Å². The van der Waals surface area contributed by atoms with E-state index in [4.69, 9.17) is 9.26 Å². The lowest BCUT2D eigenvalue weighted by molar-refractivity contribution is 0.0683. The van der Waals surface area contributed by atoms with E-state index in [0.29, 0.717) is 30.9 Å². The Morgan fingerprint density at radius 1 is 1.50 bits per heavy atom. The highest BCUT2D eigenvalue weighted by molar-refractivity contribution is 4.92. The van der Waals surface area contributed by atoms with Crippen molar-refractivity contribution in [2.75, 3.05) is 13.2 Å². The van der Waals surface area contributed by atoms with Gasteiger partial charge in [0.25, 0.3) is 0 Å². The summed E-state index contributed by atoms with van der Waals surface area (Å²) in [6.45, 7) is 8.02. The minimum absolute atomic E-state index is 0.135. The van der Waals surface area contributed by atoms with E-state index in [-0.39, 0.29) is 12.2 Å². The molecule has 1 fully saturated rings. The topological polar surface area (TPSA) is 71.6 Å². The van der Waals surface area contributed by atoms with Gasteiger partial charge >= 0.3 is 0 Å². The monoisotopic (exact) mass is 283 g/mol. The first-order valence-corrected chi connectivity index (χ1v) is 7.46. The second-order valence-corrected chi connectivity index (χ2v) is 5.50. The number of ether oxygens (including phenoxy) is 1. The number of rotatable bonds is 7. The van der Waals surface area contributed by atoms with Gasteiger partial charge in [-0.25, -0.2) is 0 Å². The number of aliphatic hydroxyl groups excluding tert-OH is 1. The van der Waals surface area contributed by atoms with Gasteiger partial charge in [0.1, 0.15) is 6.10 Å². The van der Waals surface area contributed by atoms with Crippen LogP contribution < -0.4 is 0 Å². The number of aliphatic hydroxyl groups is 1. The number of hydrogen-bond donors (Lipinski definition) is 1. The molecule has 0 saturated carbocycles. The Hall–Kier alpha value is -0.980. The lowest BCUT2D eigenvalue weighted by atomic mass is 10.1. The second-order valence-electron chi connectivity index (χ2n) is 5.50. The van der Waals surface area contributed by atoms with Crippen LogP contribution >= 0.6 is 0 Å². The van der Waals surface area contributed by atoms with E-state index in [9.17, 15) is 5.11 Å². The first-order chi connectivity index (χ1) is 9.60. The minimum Gasteiger partial charge on any atom is -0.393 e. The lowest BCUT2D eigenvalue weighted by Crippen LogP contribution is -2.31. The van der Waals surface area contributed by atoms with Crippen molar-refractivity contribution < 1.29 is 14.4 Å². The van der Waals surface area contributed by atoms with Crippen LogP contribution in [-0.4, -0.2) is 45.4 Å². The Bertz CT molecular complexity index is 408. The largest absolute Gasteiger partial charge is 0.393 e. The van der Waals surface area contributed by atoms with Crippen LogP contribution in [0.3, 0.4) is 0 Å². The molecule has 3 unspecified atom stereocenters. The highest BCUT2D eigenvalue weighted by Crippen LogP contribution is 2.23. The van der Waals surface area contributed by atoms with Gasteiger partial charge in [-0.05, 0) is 46.6 Å². The van der Waals surface area contributed by atoms with Gasteiger partial charge in [0, 0.05) is 12.6 Å². The predicted molar refractivity (Wildman–Crippen MR) is 74.1 cm³/mol. The van der Waals surface area contributed by atoms with Crippen LogP contribution in [0.15, 0.2) is 4.52 Å². The summed E-state index contributed by atoms with van der Waals surface area (Å²) >= 11 is 0. The van der Waals surface area contributed by atoms with E-state index in [2.05, 4.69) is 15.0 Å². The summed E-state index contributed by atoms with van der Waals surface area (Å²) in [4.78, 5) is 6.71. The molecule has 1 aliphatic heterocycles. The van der Waals surface area contributed by atoms with Crippen LogP contribution in [0.5, 0.6) is 0 Å². The molecule has 0 aliphatic carbocycles. The molecule has 1 saturated heterocycles. The summed E-state index contributed by atoms with van der Waals surface area (Å²) in [6, 6.07) is 0.412. The van der Waals surface area contributed by atoms with E-state index in [1.165, 1.54) is 0 Å². The average Bonchev–Trinajstić information content (AvgIpc) is 3.00. The molecule has 1 N–H and O–H groups in total. The summed E-state index contributed by atoms with van der Waals surface area (Å²) in [5.41, 5.74) is 0. The van der Waals surface area contributed by atoms with Crippen molar-refractivity contribution in [2.45, 2.75) is 64.8 Å². The Morgan fingerprint density at radius 3 is 3.00 bits per heavy atom. The first kappa shape index (κ1) is 15.4. The smallest absolute Gasteiger partial charge is 0.240 e. The maximum atomic E-state index is 9.54. The van der Waals surface area contributed by atoms with Gasteiger partial charge in [-0.1, -0.05) is 5.16 Å². The normalized spacial score (nSPS) is 23.1. The molecule has 20 heavy (non-hydrogen) atoms. The van der Waals surface area contributed by atoms with Gasteiger partial charge in [-0.3, -0.25) is 4.90 Å². The quantitative estimate of drug-likeness (QED) is 0.824. The molecule has 6 heteroatoms. The van der Waals surface area contributed by atoms with Crippen LogP contribution in [0.1, 0.15) is 57.9 Å². The molecular weight excluding hydrogens is 258 g/mol. The van der Waals surface area contributed by atoms with Crippen molar-refractivity contribution in [2.24, 2.45) is 0 Å². The molecule has 3 atom stereocenters. The van der Waals surface area contributed by atoms with Crippen LogP contribution in [0.25, 0.3) is 0 Å². The van der Waals surface area contributed by atoms with Crippen LogP contribution in [0, 0.1) is 0 Å². The standard InChI is InChI=1S/C14H25N3O3/c1-4-19-11(3)14-15-13(20-16-14)9-17-7-5-6-12(17)8-10(2)18/h10-12,18H,4-9H2,1-3H3. The fraction of sp³-hybridized carbons (Fsp3) is 0.857. The Kier molecular flexibility index (Phi) is 5.51. The summed E-state index contributed by atoms with van der Waals surface area (Å²) in [5, 5.41) is 13.5. The number of likely N-dealkylation sites (tertiary alicyclic amines) is 1. The molecule has 2 heterocycles. The third kappa shape index (κ3) is 4.01. The van der Waals surface area contributed by atoms with Gasteiger partial charge in [0.05, 0.1) is 12.6 Å². The fourth-order valence-electron chi connectivity index (χ4n) is 2.76. The van der Waals surface area contributed by atoms with Crippen LogP contribution in [0.2, 0.25) is 0 Å². The molecule has 2 rings (SSSR count). The Morgan fingerprint density at radius 2 is 2.30 bits per heavy atom. The maximum absolute atomic E-state index is 9.54. The highest BCUT2D eigenvalue weighted by Gasteiger charge is 2.27. The third-order valence-corrected chi connectivity index (χ3v) is 3.71. The zero-order chi connectivity index (χ0) is 14.5. The summed E-state index contributed by atoms with van der Waals surface area (Å²) in [5.74, 6) is 1.23. The van der Waals surface area contributed by atoms with Crippen molar-refractivity contribution in [3.8, 4) is 0 Å². The third-order valence-electron chi connectivity index (χ3n) is 3.71. The van der Waals surface area contributed by atoms with Crippen molar-refractivity contribution >= 4 is 0 Å². The second kappa shape index (κ2) is 7.15.